The van der Waals surface area contributed by atoms with Crippen LogP contribution in [0.25, 0.3) is 11.1 Å². The van der Waals surface area contributed by atoms with Gasteiger partial charge in [0.2, 0.25) is 0 Å². The normalized spacial score (nSPS) is 10.9. The first-order chi connectivity index (χ1) is 15.9. The summed E-state index contributed by atoms with van der Waals surface area (Å²) in [6.07, 6.45) is -0.449. The predicted molar refractivity (Wildman–Crippen MR) is 120 cm³/mol. The number of nitrogens with zero attached hydrogens (tertiary/aromatic N) is 1. The maximum atomic E-state index is 12.9. The summed E-state index contributed by atoms with van der Waals surface area (Å²) in [6, 6.07) is 25.7. The first kappa shape index (κ1) is 25.0. The molecule has 1 N–H and O–H groups in total. The number of amides is 1. The molecule has 0 aliphatic carbocycles. The summed E-state index contributed by atoms with van der Waals surface area (Å²) in [6.45, 7) is 1.05. The maximum absolute atomic E-state index is 12.9. The molecule has 0 saturated heterocycles. The fraction of sp³-hybridized carbons (Fsp3) is 0.111. The highest BCUT2D eigenvalue weighted by Gasteiger charge is 2.30. The molecule has 0 fully saturated rings. The highest BCUT2D eigenvalue weighted by Crippen LogP contribution is 2.31. The largest absolute Gasteiger partial charge is 1.00 e. The molecule has 3 aromatic carbocycles. The fourth-order valence-corrected chi connectivity index (χ4v) is 3.62. The molecule has 1 amide bonds. The highest BCUT2D eigenvalue weighted by atomic mass is 35.5. The van der Waals surface area contributed by atoms with Crippen LogP contribution in [0.2, 0.25) is 0 Å². The van der Waals surface area contributed by atoms with Crippen molar-refractivity contribution in [3.63, 3.8) is 0 Å². The Labute approximate surface area is 202 Å². The fourth-order valence-electron chi connectivity index (χ4n) is 3.62. The lowest BCUT2D eigenvalue weighted by atomic mass is 9.98. The lowest BCUT2D eigenvalue weighted by Gasteiger charge is -2.12. The van der Waals surface area contributed by atoms with Gasteiger partial charge in [0, 0.05) is 29.3 Å². The number of aromatic nitrogens is 1. The molecule has 34 heavy (non-hydrogen) atoms. The Bertz CT molecular complexity index is 1240. The van der Waals surface area contributed by atoms with Crippen molar-refractivity contribution >= 4 is 5.91 Å². The maximum Gasteiger partial charge on any atom is 0.416 e. The number of benzene rings is 3. The summed E-state index contributed by atoms with van der Waals surface area (Å²) in [4.78, 5) is 12.9. The zero-order valence-electron chi connectivity index (χ0n) is 18.1. The standard InChI is InChI=1S/C27H21F3N2O.ClH/c28-27(29,30)23-14-12-22(13-15-23)24-10-4-5-11-25(24)26(33)31-17-21-9-6-16-32(19-21)18-20-7-2-1-3-8-20;/h1-16,19H,17-18H2;1H. The van der Waals surface area contributed by atoms with E-state index in [2.05, 4.69) is 17.4 Å². The van der Waals surface area contributed by atoms with Gasteiger partial charge < -0.3 is 17.7 Å². The van der Waals surface area contributed by atoms with Gasteiger partial charge in [0.1, 0.15) is 0 Å². The number of nitrogens with one attached hydrogen (secondary N) is 1. The van der Waals surface area contributed by atoms with Gasteiger partial charge in [-0.1, -0.05) is 60.7 Å². The molecule has 0 saturated carbocycles. The van der Waals surface area contributed by atoms with Crippen LogP contribution in [0.5, 0.6) is 0 Å². The molecule has 0 aliphatic heterocycles. The Morgan fingerprint density at radius 2 is 1.44 bits per heavy atom. The minimum Gasteiger partial charge on any atom is -1.00 e. The molecule has 0 spiro atoms. The van der Waals surface area contributed by atoms with Crippen molar-refractivity contribution in [2.24, 2.45) is 0 Å². The van der Waals surface area contributed by atoms with E-state index in [1.165, 1.54) is 17.7 Å². The van der Waals surface area contributed by atoms with Crippen LogP contribution in [0.1, 0.15) is 27.0 Å². The van der Waals surface area contributed by atoms with Gasteiger partial charge in [0.05, 0.1) is 5.56 Å². The van der Waals surface area contributed by atoms with Crippen LogP contribution < -0.4 is 22.3 Å². The summed E-state index contributed by atoms with van der Waals surface area (Å²) in [5, 5.41) is 2.92. The van der Waals surface area contributed by atoms with E-state index in [0.29, 0.717) is 23.2 Å². The molecule has 7 heteroatoms. The Balaban J connectivity index is 0.00000324. The van der Waals surface area contributed by atoms with Crippen LogP contribution in [-0.4, -0.2) is 5.91 Å². The summed E-state index contributed by atoms with van der Waals surface area (Å²) >= 11 is 0. The van der Waals surface area contributed by atoms with E-state index in [1.54, 1.807) is 24.3 Å². The number of carbonyl (C=O) groups is 1. The van der Waals surface area contributed by atoms with Crippen LogP contribution in [-0.2, 0) is 19.3 Å². The monoisotopic (exact) mass is 482 g/mol. The minimum absolute atomic E-state index is 0. The Hall–Kier alpha value is -3.64. The van der Waals surface area contributed by atoms with Crippen LogP contribution in [0, 0.1) is 0 Å². The first-order valence-electron chi connectivity index (χ1n) is 10.5. The molecule has 3 nitrogen and oxygen atoms in total. The third kappa shape index (κ3) is 6.23. The van der Waals surface area contributed by atoms with Crippen molar-refractivity contribution in [3.05, 3.63) is 126 Å². The van der Waals surface area contributed by atoms with E-state index < -0.39 is 11.7 Å². The second-order valence-corrected chi connectivity index (χ2v) is 7.67. The SMILES string of the molecule is O=C(NCc1ccc[n+](Cc2ccccc2)c1)c1ccccc1-c1ccc(C(F)(F)F)cc1.[Cl-]. The van der Waals surface area contributed by atoms with Crippen LogP contribution in [0.4, 0.5) is 13.2 Å². The van der Waals surface area contributed by atoms with E-state index >= 15 is 0 Å². The number of alkyl halides is 3. The molecule has 4 aromatic rings. The minimum atomic E-state index is -4.40. The molecule has 0 radical (unpaired) electrons. The second-order valence-electron chi connectivity index (χ2n) is 7.67. The smallest absolute Gasteiger partial charge is 0.416 e. The molecule has 174 valence electrons. The van der Waals surface area contributed by atoms with Crippen molar-refractivity contribution in [2.75, 3.05) is 0 Å². The van der Waals surface area contributed by atoms with E-state index in [1.807, 2.05) is 47.3 Å². The molecule has 1 heterocycles. The van der Waals surface area contributed by atoms with E-state index in [4.69, 9.17) is 0 Å². The number of halogens is 4. The second kappa shape index (κ2) is 11.0. The Morgan fingerprint density at radius 3 is 2.15 bits per heavy atom. The van der Waals surface area contributed by atoms with Crippen molar-refractivity contribution in [1.82, 2.24) is 5.32 Å². The van der Waals surface area contributed by atoms with Crippen LogP contribution in [0.3, 0.4) is 0 Å². The zero-order valence-corrected chi connectivity index (χ0v) is 18.9. The summed E-state index contributed by atoms with van der Waals surface area (Å²) in [5.74, 6) is -0.288. The van der Waals surface area contributed by atoms with Gasteiger partial charge in [-0.25, -0.2) is 4.57 Å². The summed E-state index contributed by atoms with van der Waals surface area (Å²) < 4.78 is 40.7. The Morgan fingerprint density at radius 1 is 0.794 bits per heavy atom. The molecular formula is C27H22ClF3N2O. The van der Waals surface area contributed by atoms with E-state index in [-0.39, 0.29) is 18.3 Å². The van der Waals surface area contributed by atoms with Crippen LogP contribution in [0.15, 0.2) is 103 Å². The number of pyridine rings is 1. The van der Waals surface area contributed by atoms with Crippen molar-refractivity contribution in [2.45, 2.75) is 19.3 Å². The van der Waals surface area contributed by atoms with Crippen molar-refractivity contribution in [1.29, 1.82) is 0 Å². The summed E-state index contributed by atoms with van der Waals surface area (Å²) in [7, 11) is 0. The number of hydrogen-bond donors (Lipinski definition) is 1. The predicted octanol–water partition coefficient (Wildman–Crippen LogP) is 2.64. The van der Waals surface area contributed by atoms with E-state index in [9.17, 15) is 18.0 Å². The highest BCUT2D eigenvalue weighted by molar-refractivity contribution is 6.00. The Kier molecular flexibility index (Phi) is 8.08. The molecule has 1 aromatic heterocycles. The van der Waals surface area contributed by atoms with Gasteiger partial charge in [-0.2, -0.15) is 13.2 Å². The van der Waals surface area contributed by atoms with Crippen molar-refractivity contribution in [3.8, 4) is 11.1 Å². The van der Waals surface area contributed by atoms with Gasteiger partial charge >= 0.3 is 6.18 Å². The van der Waals surface area contributed by atoms with Gasteiger partial charge in [-0.15, -0.1) is 0 Å². The quantitative estimate of drug-likeness (QED) is 0.421. The van der Waals surface area contributed by atoms with Gasteiger partial charge in [0.25, 0.3) is 5.91 Å². The lowest BCUT2D eigenvalue weighted by molar-refractivity contribution is -0.688. The zero-order chi connectivity index (χ0) is 23.3. The van der Waals surface area contributed by atoms with Crippen molar-refractivity contribution < 1.29 is 34.9 Å². The summed E-state index contributed by atoms with van der Waals surface area (Å²) in [5.41, 5.74) is 2.93. The molecule has 0 bridgehead atoms. The lowest BCUT2D eigenvalue weighted by Crippen LogP contribution is -3.00. The number of hydrogen-bond acceptors (Lipinski definition) is 1. The van der Waals surface area contributed by atoms with Gasteiger partial charge in [-0.3, -0.25) is 4.79 Å². The van der Waals surface area contributed by atoms with Gasteiger partial charge in [-0.05, 0) is 35.4 Å². The van der Waals surface area contributed by atoms with Crippen LogP contribution >= 0.6 is 0 Å². The molecule has 0 aliphatic rings. The molecule has 0 atom stereocenters. The third-order valence-corrected chi connectivity index (χ3v) is 5.28. The molecular weight excluding hydrogens is 461 g/mol. The number of carbonyl (C=O) groups excluding carboxylic acids is 1. The van der Waals surface area contributed by atoms with Gasteiger partial charge in [0.15, 0.2) is 18.9 Å². The van der Waals surface area contributed by atoms with E-state index in [0.717, 1.165) is 24.2 Å². The first-order valence-corrected chi connectivity index (χ1v) is 10.5. The third-order valence-electron chi connectivity index (χ3n) is 5.28. The number of rotatable bonds is 6. The topological polar surface area (TPSA) is 33.0 Å². The molecule has 0 unspecified atom stereocenters. The average Bonchev–Trinajstić information content (AvgIpc) is 2.83. The average molecular weight is 483 g/mol. The molecule has 4 rings (SSSR count).